The Bertz CT molecular complexity index is 783. The summed E-state index contributed by atoms with van der Waals surface area (Å²) in [7, 11) is 0. The summed E-state index contributed by atoms with van der Waals surface area (Å²) in [6.45, 7) is 2.51. The molecule has 3 aromatic heterocycles. The van der Waals surface area contributed by atoms with E-state index in [0.29, 0.717) is 24.2 Å². The minimum atomic E-state index is -0.344. The molecule has 7 heteroatoms. The molecule has 130 valence electrons. The molecule has 0 spiro atoms. The van der Waals surface area contributed by atoms with Crippen molar-refractivity contribution in [3.8, 4) is 11.4 Å². The van der Waals surface area contributed by atoms with E-state index in [2.05, 4.69) is 20.0 Å². The maximum Gasteiger partial charge on any atom is 0.241 e. The minimum Gasteiger partial charge on any atom is -0.387 e. The van der Waals surface area contributed by atoms with Gasteiger partial charge < -0.3 is 9.63 Å². The number of aliphatic hydroxyl groups excluding tert-OH is 1. The molecule has 1 aliphatic rings. The standard InChI is InChI=1S/C18H20N4O2S/c23-17(15-2-1-11-25-15)13-5-9-22(10-6-13)12-16-20-18(21-24-16)14-3-7-19-8-4-14/h1-4,7-8,11,13,17,23H,5-6,9-10,12H2. The van der Waals surface area contributed by atoms with Crippen LogP contribution in [0.4, 0.5) is 0 Å². The van der Waals surface area contributed by atoms with Gasteiger partial charge in [-0.2, -0.15) is 4.98 Å². The first-order valence-electron chi connectivity index (χ1n) is 8.46. The molecule has 4 heterocycles. The average Bonchev–Trinajstić information content (AvgIpc) is 3.35. The highest BCUT2D eigenvalue weighted by atomic mass is 32.1. The molecule has 1 unspecified atom stereocenters. The van der Waals surface area contributed by atoms with Crippen molar-refractivity contribution in [2.75, 3.05) is 13.1 Å². The van der Waals surface area contributed by atoms with Crippen LogP contribution >= 0.6 is 11.3 Å². The van der Waals surface area contributed by atoms with Crippen LogP contribution < -0.4 is 0 Å². The van der Waals surface area contributed by atoms with Gasteiger partial charge in [-0.1, -0.05) is 11.2 Å². The predicted molar refractivity (Wildman–Crippen MR) is 94.8 cm³/mol. The number of pyridine rings is 1. The Morgan fingerprint density at radius 2 is 2.04 bits per heavy atom. The van der Waals surface area contributed by atoms with Crippen LogP contribution in [0.2, 0.25) is 0 Å². The van der Waals surface area contributed by atoms with E-state index in [0.717, 1.165) is 36.4 Å². The van der Waals surface area contributed by atoms with Gasteiger partial charge in [-0.05, 0) is 55.4 Å². The summed E-state index contributed by atoms with van der Waals surface area (Å²) in [5.41, 5.74) is 0.905. The SMILES string of the molecule is OC(c1cccs1)C1CCN(Cc2nc(-c3ccncc3)no2)CC1. The molecule has 0 amide bonds. The van der Waals surface area contributed by atoms with Gasteiger partial charge in [-0.15, -0.1) is 11.3 Å². The van der Waals surface area contributed by atoms with Gasteiger partial charge in [-0.25, -0.2) is 0 Å². The van der Waals surface area contributed by atoms with Crippen molar-refractivity contribution in [3.63, 3.8) is 0 Å². The zero-order valence-electron chi connectivity index (χ0n) is 13.8. The van der Waals surface area contributed by atoms with Gasteiger partial charge in [0.05, 0.1) is 12.6 Å². The molecule has 1 aliphatic heterocycles. The number of hydrogen-bond donors (Lipinski definition) is 1. The van der Waals surface area contributed by atoms with Gasteiger partial charge in [0.1, 0.15) is 0 Å². The molecule has 1 N–H and O–H groups in total. The fourth-order valence-corrected chi connectivity index (χ4v) is 4.05. The van der Waals surface area contributed by atoms with Crippen LogP contribution in [0.15, 0.2) is 46.6 Å². The highest BCUT2D eigenvalue weighted by molar-refractivity contribution is 7.10. The maximum absolute atomic E-state index is 10.5. The van der Waals surface area contributed by atoms with Gasteiger partial charge in [-0.3, -0.25) is 9.88 Å². The molecular weight excluding hydrogens is 336 g/mol. The molecule has 25 heavy (non-hydrogen) atoms. The van der Waals surface area contributed by atoms with Crippen LogP contribution in [0.25, 0.3) is 11.4 Å². The molecular formula is C18H20N4O2S. The highest BCUT2D eigenvalue weighted by Crippen LogP contribution is 2.33. The number of likely N-dealkylation sites (tertiary alicyclic amines) is 1. The summed E-state index contributed by atoms with van der Waals surface area (Å²) in [5, 5.41) is 16.6. The number of thiophene rings is 1. The fourth-order valence-electron chi connectivity index (χ4n) is 3.25. The lowest BCUT2D eigenvalue weighted by Crippen LogP contribution is -2.35. The molecule has 0 aliphatic carbocycles. The topological polar surface area (TPSA) is 75.3 Å². The third-order valence-corrected chi connectivity index (χ3v) is 5.62. The number of piperidine rings is 1. The average molecular weight is 356 g/mol. The minimum absolute atomic E-state index is 0.324. The van der Waals surface area contributed by atoms with Crippen molar-refractivity contribution in [2.24, 2.45) is 5.92 Å². The quantitative estimate of drug-likeness (QED) is 0.757. The number of aromatic nitrogens is 3. The summed E-state index contributed by atoms with van der Waals surface area (Å²) in [5.74, 6) is 1.55. The van der Waals surface area contributed by atoms with Crippen LogP contribution in [-0.4, -0.2) is 38.2 Å². The van der Waals surface area contributed by atoms with E-state index in [9.17, 15) is 5.11 Å². The van der Waals surface area contributed by atoms with E-state index in [-0.39, 0.29) is 6.10 Å². The van der Waals surface area contributed by atoms with Crippen LogP contribution in [0.1, 0.15) is 29.7 Å². The molecule has 1 saturated heterocycles. The molecule has 1 fully saturated rings. The van der Waals surface area contributed by atoms with E-state index >= 15 is 0 Å². The Labute approximate surface area is 150 Å². The lowest BCUT2D eigenvalue weighted by atomic mass is 9.90. The summed E-state index contributed by atoms with van der Waals surface area (Å²) < 4.78 is 5.38. The summed E-state index contributed by atoms with van der Waals surface area (Å²) in [6, 6.07) is 7.74. The van der Waals surface area contributed by atoms with E-state index < -0.39 is 0 Å². The fraction of sp³-hybridized carbons (Fsp3) is 0.389. The monoisotopic (exact) mass is 356 g/mol. The lowest BCUT2D eigenvalue weighted by Gasteiger charge is -2.33. The molecule has 0 aromatic carbocycles. The van der Waals surface area contributed by atoms with Crippen molar-refractivity contribution in [1.29, 1.82) is 0 Å². The predicted octanol–water partition coefficient (Wildman–Crippen LogP) is 3.14. The third-order valence-electron chi connectivity index (χ3n) is 4.68. The van der Waals surface area contributed by atoms with E-state index in [1.54, 1.807) is 23.7 Å². The Kier molecular flexibility index (Phi) is 4.87. The summed E-state index contributed by atoms with van der Waals surface area (Å²) >= 11 is 1.63. The largest absolute Gasteiger partial charge is 0.387 e. The van der Waals surface area contributed by atoms with Gasteiger partial charge in [0, 0.05) is 22.8 Å². The maximum atomic E-state index is 10.5. The number of nitrogens with zero attached hydrogens (tertiary/aromatic N) is 4. The summed E-state index contributed by atoms with van der Waals surface area (Å²) in [6.07, 6.45) is 5.04. The Morgan fingerprint density at radius 3 is 2.76 bits per heavy atom. The van der Waals surface area contributed by atoms with Crippen molar-refractivity contribution >= 4 is 11.3 Å². The Morgan fingerprint density at radius 1 is 1.24 bits per heavy atom. The van der Waals surface area contributed by atoms with E-state index in [1.165, 1.54) is 0 Å². The van der Waals surface area contributed by atoms with Crippen molar-refractivity contribution in [1.82, 2.24) is 20.0 Å². The first kappa shape index (κ1) is 16.4. The third kappa shape index (κ3) is 3.78. The molecule has 0 radical (unpaired) electrons. The number of rotatable bonds is 5. The number of aliphatic hydroxyl groups is 1. The second-order valence-electron chi connectivity index (χ2n) is 6.32. The molecule has 3 aromatic rings. The van der Waals surface area contributed by atoms with Crippen LogP contribution in [-0.2, 0) is 6.54 Å². The molecule has 4 rings (SSSR count). The van der Waals surface area contributed by atoms with Gasteiger partial charge in [0.2, 0.25) is 11.7 Å². The number of hydrogen-bond acceptors (Lipinski definition) is 7. The van der Waals surface area contributed by atoms with Crippen molar-refractivity contribution in [2.45, 2.75) is 25.5 Å². The zero-order valence-corrected chi connectivity index (χ0v) is 14.6. The lowest BCUT2D eigenvalue weighted by molar-refractivity contribution is 0.0560. The molecule has 1 atom stereocenters. The molecule has 0 saturated carbocycles. The van der Waals surface area contributed by atoms with E-state index in [4.69, 9.17) is 4.52 Å². The Hall–Kier alpha value is -2.09. The van der Waals surface area contributed by atoms with Gasteiger partial charge in [0.15, 0.2) is 0 Å². The summed E-state index contributed by atoms with van der Waals surface area (Å²) in [4.78, 5) is 11.8. The van der Waals surface area contributed by atoms with Crippen LogP contribution in [0, 0.1) is 5.92 Å². The molecule has 6 nitrogen and oxygen atoms in total. The second-order valence-corrected chi connectivity index (χ2v) is 7.30. The first-order valence-corrected chi connectivity index (χ1v) is 9.34. The van der Waals surface area contributed by atoms with Crippen molar-refractivity contribution in [3.05, 3.63) is 52.8 Å². The van der Waals surface area contributed by atoms with Gasteiger partial charge >= 0.3 is 0 Å². The van der Waals surface area contributed by atoms with Gasteiger partial charge in [0.25, 0.3) is 0 Å². The van der Waals surface area contributed by atoms with Crippen molar-refractivity contribution < 1.29 is 9.63 Å². The van der Waals surface area contributed by atoms with Crippen LogP contribution in [0.3, 0.4) is 0 Å². The zero-order chi connectivity index (χ0) is 17.1. The molecule has 0 bridgehead atoms. The second kappa shape index (κ2) is 7.43. The highest BCUT2D eigenvalue weighted by Gasteiger charge is 2.27. The van der Waals surface area contributed by atoms with Crippen LogP contribution in [0.5, 0.6) is 0 Å². The van der Waals surface area contributed by atoms with E-state index in [1.807, 2.05) is 29.6 Å². The smallest absolute Gasteiger partial charge is 0.241 e. The first-order chi connectivity index (χ1) is 12.3. The normalized spacial score (nSPS) is 17.6. The Balaban J connectivity index is 1.32.